The summed E-state index contributed by atoms with van der Waals surface area (Å²) < 4.78 is 22.7. The van der Waals surface area contributed by atoms with Gasteiger partial charge in [0.2, 0.25) is 0 Å². The van der Waals surface area contributed by atoms with Gasteiger partial charge < -0.3 is 24.1 Å². The van der Waals surface area contributed by atoms with Crippen molar-refractivity contribution in [2.45, 2.75) is 32.0 Å². The van der Waals surface area contributed by atoms with Gasteiger partial charge in [-0.3, -0.25) is 0 Å². The average molecular weight is 346 g/mol. The zero-order valence-electron chi connectivity index (χ0n) is 14.6. The van der Waals surface area contributed by atoms with E-state index in [1.807, 2.05) is 43.3 Å². The van der Waals surface area contributed by atoms with Crippen LogP contribution in [0.4, 0.5) is 0 Å². The number of ether oxygens (including phenoxy) is 4. The number of hydrogen-bond acceptors (Lipinski definition) is 5. The van der Waals surface area contributed by atoms with E-state index in [0.29, 0.717) is 18.1 Å². The summed E-state index contributed by atoms with van der Waals surface area (Å²) in [6.45, 7) is 4.38. The second-order valence-corrected chi connectivity index (χ2v) is 6.16. The van der Waals surface area contributed by atoms with Crippen molar-refractivity contribution in [2.24, 2.45) is 0 Å². The molecule has 2 aromatic carbocycles. The molecular weight excluding hydrogens is 320 g/mol. The Morgan fingerprint density at radius 1 is 1.08 bits per heavy atom. The quantitative estimate of drug-likeness (QED) is 0.796. The Balaban J connectivity index is 1.62. The fourth-order valence-corrected chi connectivity index (χ4v) is 2.96. The average Bonchev–Trinajstić information content (AvgIpc) is 2.66. The lowest BCUT2D eigenvalue weighted by atomic mass is 10.1. The lowest BCUT2D eigenvalue weighted by Crippen LogP contribution is -2.30. The largest absolute Gasteiger partial charge is 0.490 e. The molecule has 1 aliphatic heterocycles. The third-order valence-electron chi connectivity index (χ3n) is 4.26. The Hall–Kier alpha value is -1.82. The highest BCUT2D eigenvalue weighted by molar-refractivity contribution is 5.90. The molecule has 0 bridgehead atoms. The highest BCUT2D eigenvalue weighted by Crippen LogP contribution is 2.35. The van der Waals surface area contributed by atoms with E-state index in [-0.39, 0.29) is 19.3 Å². The summed E-state index contributed by atoms with van der Waals surface area (Å²) in [5.41, 5.74) is 0. The van der Waals surface area contributed by atoms with E-state index in [0.717, 1.165) is 36.8 Å². The van der Waals surface area contributed by atoms with Crippen LogP contribution in [0.2, 0.25) is 0 Å². The van der Waals surface area contributed by atoms with Crippen LogP contribution in [-0.4, -0.2) is 50.3 Å². The first-order valence-electron chi connectivity index (χ1n) is 8.92. The Morgan fingerprint density at radius 2 is 1.88 bits per heavy atom. The van der Waals surface area contributed by atoms with Gasteiger partial charge in [0.05, 0.1) is 19.3 Å². The van der Waals surface area contributed by atoms with Crippen molar-refractivity contribution in [1.82, 2.24) is 0 Å². The number of fused-ring (bicyclic) bond motifs is 1. The zero-order valence-corrected chi connectivity index (χ0v) is 14.6. The van der Waals surface area contributed by atoms with Crippen molar-refractivity contribution < 1.29 is 24.1 Å². The summed E-state index contributed by atoms with van der Waals surface area (Å²) in [5, 5.41) is 12.3. The Bertz CT molecular complexity index is 666. The Labute approximate surface area is 148 Å². The molecule has 0 spiro atoms. The molecule has 5 nitrogen and oxygen atoms in total. The zero-order chi connectivity index (χ0) is 17.5. The molecule has 136 valence electrons. The van der Waals surface area contributed by atoms with Crippen LogP contribution < -0.4 is 9.47 Å². The van der Waals surface area contributed by atoms with Gasteiger partial charge in [-0.1, -0.05) is 30.3 Å². The van der Waals surface area contributed by atoms with E-state index in [4.69, 9.17) is 18.9 Å². The van der Waals surface area contributed by atoms with E-state index in [9.17, 15) is 5.11 Å². The standard InChI is InChI=1S/C20H26O5/c1-2-23-19-8-7-15-5-3-4-6-18(15)20(19)25-14-16(21)13-24-17-9-11-22-12-10-17/h3-8,16-17,21H,2,9-14H2,1H3. The number of hydrogen-bond donors (Lipinski definition) is 1. The van der Waals surface area contributed by atoms with Crippen LogP contribution in [0.15, 0.2) is 36.4 Å². The summed E-state index contributed by atoms with van der Waals surface area (Å²) in [6.07, 6.45) is 1.24. The fraction of sp³-hybridized carbons (Fsp3) is 0.500. The minimum absolute atomic E-state index is 0.164. The first-order chi connectivity index (χ1) is 12.3. The number of benzene rings is 2. The monoisotopic (exact) mass is 346 g/mol. The van der Waals surface area contributed by atoms with Crippen LogP contribution >= 0.6 is 0 Å². The molecule has 0 amide bonds. The smallest absolute Gasteiger partial charge is 0.169 e. The molecule has 0 aliphatic carbocycles. The van der Waals surface area contributed by atoms with E-state index < -0.39 is 6.10 Å². The fourth-order valence-electron chi connectivity index (χ4n) is 2.96. The lowest BCUT2D eigenvalue weighted by molar-refractivity contribution is -0.0659. The molecule has 1 heterocycles. The van der Waals surface area contributed by atoms with Crippen LogP contribution in [-0.2, 0) is 9.47 Å². The van der Waals surface area contributed by atoms with E-state index in [2.05, 4.69) is 0 Å². The van der Waals surface area contributed by atoms with Crippen LogP contribution in [0.5, 0.6) is 11.5 Å². The number of aliphatic hydroxyl groups is 1. The third-order valence-corrected chi connectivity index (χ3v) is 4.26. The van der Waals surface area contributed by atoms with E-state index >= 15 is 0 Å². The SMILES string of the molecule is CCOc1ccc2ccccc2c1OCC(O)COC1CCOCC1. The molecule has 0 saturated carbocycles. The molecule has 0 radical (unpaired) electrons. The molecule has 5 heteroatoms. The second kappa shape index (κ2) is 9.04. The summed E-state index contributed by atoms with van der Waals surface area (Å²) in [4.78, 5) is 0. The van der Waals surface area contributed by atoms with E-state index in [1.165, 1.54) is 0 Å². The van der Waals surface area contributed by atoms with Crippen molar-refractivity contribution >= 4 is 10.8 Å². The van der Waals surface area contributed by atoms with Gasteiger partial charge in [-0.15, -0.1) is 0 Å². The van der Waals surface area contributed by atoms with Crippen molar-refractivity contribution in [2.75, 3.05) is 33.0 Å². The maximum atomic E-state index is 10.2. The predicted molar refractivity (Wildman–Crippen MR) is 96.4 cm³/mol. The summed E-state index contributed by atoms with van der Waals surface area (Å²) >= 11 is 0. The highest BCUT2D eigenvalue weighted by Gasteiger charge is 2.17. The maximum absolute atomic E-state index is 10.2. The number of rotatable bonds is 8. The molecule has 2 aromatic rings. The molecule has 1 fully saturated rings. The molecule has 3 rings (SSSR count). The van der Waals surface area contributed by atoms with E-state index in [1.54, 1.807) is 0 Å². The van der Waals surface area contributed by atoms with Crippen molar-refractivity contribution in [3.05, 3.63) is 36.4 Å². The Kier molecular flexibility index (Phi) is 6.50. The van der Waals surface area contributed by atoms with Crippen molar-refractivity contribution in [3.63, 3.8) is 0 Å². The molecule has 0 aromatic heterocycles. The summed E-state index contributed by atoms with van der Waals surface area (Å²) in [7, 11) is 0. The van der Waals surface area contributed by atoms with Gasteiger partial charge in [-0.05, 0) is 31.2 Å². The summed E-state index contributed by atoms with van der Waals surface area (Å²) in [6, 6.07) is 11.9. The van der Waals surface area contributed by atoms with Crippen molar-refractivity contribution in [1.29, 1.82) is 0 Å². The topological polar surface area (TPSA) is 57.2 Å². The van der Waals surface area contributed by atoms with Gasteiger partial charge in [0.15, 0.2) is 11.5 Å². The van der Waals surface area contributed by atoms with Gasteiger partial charge >= 0.3 is 0 Å². The minimum atomic E-state index is -0.684. The summed E-state index contributed by atoms with van der Waals surface area (Å²) in [5.74, 6) is 1.36. The molecule has 1 atom stereocenters. The van der Waals surface area contributed by atoms with Gasteiger partial charge in [0, 0.05) is 18.6 Å². The second-order valence-electron chi connectivity index (χ2n) is 6.16. The predicted octanol–water partition coefficient (Wildman–Crippen LogP) is 3.17. The van der Waals surface area contributed by atoms with Gasteiger partial charge in [-0.2, -0.15) is 0 Å². The van der Waals surface area contributed by atoms with Gasteiger partial charge in [-0.25, -0.2) is 0 Å². The van der Waals surface area contributed by atoms with Crippen LogP contribution in [0.25, 0.3) is 10.8 Å². The Morgan fingerprint density at radius 3 is 2.68 bits per heavy atom. The first kappa shape index (κ1) is 18.0. The molecule has 1 aliphatic rings. The van der Waals surface area contributed by atoms with Crippen LogP contribution in [0.1, 0.15) is 19.8 Å². The van der Waals surface area contributed by atoms with Crippen LogP contribution in [0.3, 0.4) is 0 Å². The highest BCUT2D eigenvalue weighted by atomic mass is 16.5. The first-order valence-corrected chi connectivity index (χ1v) is 8.92. The maximum Gasteiger partial charge on any atom is 0.169 e. The molecule has 1 unspecified atom stereocenters. The molecular formula is C20H26O5. The molecule has 25 heavy (non-hydrogen) atoms. The third kappa shape index (κ3) is 4.84. The molecule has 1 saturated heterocycles. The molecule has 1 N–H and O–H groups in total. The van der Waals surface area contributed by atoms with Crippen LogP contribution in [0, 0.1) is 0 Å². The normalized spacial score (nSPS) is 16.7. The van der Waals surface area contributed by atoms with Crippen molar-refractivity contribution in [3.8, 4) is 11.5 Å². The number of aliphatic hydroxyl groups excluding tert-OH is 1. The van der Waals surface area contributed by atoms with Gasteiger partial charge in [0.1, 0.15) is 12.7 Å². The lowest BCUT2D eigenvalue weighted by Gasteiger charge is -2.24. The van der Waals surface area contributed by atoms with Gasteiger partial charge in [0.25, 0.3) is 0 Å². The minimum Gasteiger partial charge on any atom is -0.490 e.